The summed E-state index contributed by atoms with van der Waals surface area (Å²) in [7, 11) is 0. The summed E-state index contributed by atoms with van der Waals surface area (Å²) < 4.78 is 39.0. The number of para-hydroxylation sites is 1. The number of rotatable bonds is 6. The number of alkyl halides is 3. The Kier molecular flexibility index (Phi) is 5.27. The second-order valence-corrected chi connectivity index (χ2v) is 6.48. The van der Waals surface area contributed by atoms with E-state index in [1.165, 1.54) is 4.68 Å². The van der Waals surface area contributed by atoms with Crippen molar-refractivity contribution in [3.05, 3.63) is 46.6 Å². The Morgan fingerprint density at radius 2 is 1.96 bits per heavy atom. The zero-order chi connectivity index (χ0) is 19.4. The smallest absolute Gasteiger partial charge is 0.382 e. The zero-order valence-electron chi connectivity index (χ0n) is 13.9. The van der Waals surface area contributed by atoms with Crippen LogP contribution in [0, 0.1) is 11.3 Å². The minimum Gasteiger partial charge on any atom is -0.382 e. The summed E-state index contributed by atoms with van der Waals surface area (Å²) in [6, 6.07) is 11.2. The van der Waals surface area contributed by atoms with Crippen molar-refractivity contribution in [2.45, 2.75) is 19.0 Å². The SMILES string of the molecule is N#Cc1c(CCCNc2nnc(C(F)(F)F)s2)nn(-c2ccccc2)c1N. The number of nitrogens with zero attached hydrogens (tertiary/aromatic N) is 5. The third-order valence-electron chi connectivity index (χ3n) is 3.64. The van der Waals surface area contributed by atoms with E-state index in [2.05, 4.69) is 26.7 Å². The van der Waals surface area contributed by atoms with Crippen LogP contribution in [-0.4, -0.2) is 26.5 Å². The molecule has 1 aromatic carbocycles. The van der Waals surface area contributed by atoms with Crippen molar-refractivity contribution in [1.82, 2.24) is 20.0 Å². The number of halogens is 3. The lowest BCUT2D eigenvalue weighted by Crippen LogP contribution is -2.04. The molecule has 27 heavy (non-hydrogen) atoms. The highest BCUT2D eigenvalue weighted by Crippen LogP contribution is 2.33. The molecule has 0 radical (unpaired) electrons. The molecule has 2 heterocycles. The maximum Gasteiger partial charge on any atom is 0.445 e. The van der Waals surface area contributed by atoms with Crippen LogP contribution >= 0.6 is 11.3 Å². The molecule has 0 atom stereocenters. The molecule has 0 aliphatic heterocycles. The number of nitriles is 1. The van der Waals surface area contributed by atoms with Crippen LogP contribution < -0.4 is 11.1 Å². The third-order valence-corrected chi connectivity index (χ3v) is 4.57. The second kappa shape index (κ2) is 7.63. The third kappa shape index (κ3) is 4.17. The van der Waals surface area contributed by atoms with Gasteiger partial charge in [-0.1, -0.05) is 29.5 Å². The fourth-order valence-electron chi connectivity index (χ4n) is 2.40. The Labute approximate surface area is 156 Å². The fourth-order valence-corrected chi connectivity index (χ4v) is 3.04. The van der Waals surface area contributed by atoms with Crippen molar-refractivity contribution in [3.63, 3.8) is 0 Å². The molecule has 0 aliphatic carbocycles. The first-order chi connectivity index (χ1) is 12.9. The molecule has 3 rings (SSSR count). The van der Waals surface area contributed by atoms with Gasteiger partial charge in [0.1, 0.15) is 17.5 Å². The Bertz CT molecular complexity index is 957. The van der Waals surface area contributed by atoms with Gasteiger partial charge in [0.25, 0.3) is 0 Å². The number of anilines is 2. The summed E-state index contributed by atoms with van der Waals surface area (Å²) in [5, 5.41) is 22.2. The number of nitrogens with one attached hydrogen (secondary N) is 1. The number of aromatic nitrogens is 4. The van der Waals surface area contributed by atoms with Crippen LogP contribution in [0.1, 0.15) is 22.7 Å². The summed E-state index contributed by atoms with van der Waals surface area (Å²) in [4.78, 5) is 0. The average Bonchev–Trinajstić information content (AvgIpc) is 3.24. The standard InChI is InChI=1S/C16H14F3N7S/c17-16(18,19)14-23-24-15(27-14)22-8-4-7-12-11(9-20)13(21)26(25-12)10-5-2-1-3-6-10/h1-3,5-6H,4,7-8,21H2,(H,22,24). The fraction of sp³-hybridized carbons (Fsp3) is 0.250. The monoisotopic (exact) mass is 393 g/mol. The lowest BCUT2D eigenvalue weighted by atomic mass is 10.1. The van der Waals surface area contributed by atoms with E-state index in [0.717, 1.165) is 5.69 Å². The quantitative estimate of drug-likeness (QED) is 0.623. The topological polar surface area (TPSA) is 105 Å². The number of nitrogen functional groups attached to an aromatic ring is 1. The molecule has 0 amide bonds. The van der Waals surface area contributed by atoms with E-state index in [0.29, 0.717) is 42.0 Å². The van der Waals surface area contributed by atoms with Crippen molar-refractivity contribution in [2.75, 3.05) is 17.6 Å². The summed E-state index contributed by atoms with van der Waals surface area (Å²) in [6.07, 6.45) is -3.53. The van der Waals surface area contributed by atoms with Gasteiger partial charge in [0.2, 0.25) is 10.1 Å². The van der Waals surface area contributed by atoms with Crippen molar-refractivity contribution in [2.24, 2.45) is 0 Å². The van der Waals surface area contributed by atoms with E-state index in [1.807, 2.05) is 30.3 Å². The van der Waals surface area contributed by atoms with E-state index < -0.39 is 11.2 Å². The van der Waals surface area contributed by atoms with Crippen LogP contribution in [0.4, 0.5) is 24.1 Å². The van der Waals surface area contributed by atoms with Crippen LogP contribution in [0.2, 0.25) is 0 Å². The Morgan fingerprint density at radius 3 is 2.59 bits per heavy atom. The van der Waals surface area contributed by atoms with E-state index in [-0.39, 0.29) is 10.9 Å². The van der Waals surface area contributed by atoms with Crippen LogP contribution in [0.15, 0.2) is 30.3 Å². The summed E-state index contributed by atoms with van der Waals surface area (Å²) in [5.41, 5.74) is 7.60. The van der Waals surface area contributed by atoms with Crippen LogP contribution in [0.3, 0.4) is 0 Å². The molecule has 0 saturated carbocycles. The van der Waals surface area contributed by atoms with Gasteiger partial charge in [0.05, 0.1) is 11.4 Å². The highest BCUT2D eigenvalue weighted by atomic mass is 32.1. The van der Waals surface area contributed by atoms with Crippen molar-refractivity contribution in [1.29, 1.82) is 5.26 Å². The molecule has 0 spiro atoms. The molecule has 140 valence electrons. The zero-order valence-corrected chi connectivity index (χ0v) is 14.7. The van der Waals surface area contributed by atoms with Crippen LogP contribution in [-0.2, 0) is 12.6 Å². The van der Waals surface area contributed by atoms with E-state index in [9.17, 15) is 18.4 Å². The Balaban J connectivity index is 1.63. The molecule has 2 aromatic heterocycles. The van der Waals surface area contributed by atoms with E-state index >= 15 is 0 Å². The molecule has 3 aromatic rings. The maximum atomic E-state index is 12.5. The number of hydrogen-bond donors (Lipinski definition) is 2. The molecule has 0 saturated heterocycles. The molecule has 7 nitrogen and oxygen atoms in total. The number of benzene rings is 1. The predicted molar refractivity (Wildman–Crippen MR) is 94.4 cm³/mol. The first-order valence-electron chi connectivity index (χ1n) is 7.87. The summed E-state index contributed by atoms with van der Waals surface area (Å²) >= 11 is 0.447. The van der Waals surface area contributed by atoms with Gasteiger partial charge >= 0.3 is 6.18 Å². The normalized spacial score (nSPS) is 11.3. The number of nitrogens with two attached hydrogens (primary N) is 1. The van der Waals surface area contributed by atoms with Gasteiger partial charge in [-0.2, -0.15) is 23.5 Å². The molecular weight excluding hydrogens is 379 g/mol. The van der Waals surface area contributed by atoms with Gasteiger partial charge < -0.3 is 11.1 Å². The molecule has 3 N–H and O–H groups in total. The highest BCUT2D eigenvalue weighted by molar-refractivity contribution is 7.15. The number of aryl methyl sites for hydroxylation is 1. The summed E-state index contributed by atoms with van der Waals surface area (Å²) in [6.45, 7) is 0.357. The van der Waals surface area contributed by atoms with E-state index in [1.54, 1.807) is 0 Å². The average molecular weight is 393 g/mol. The van der Waals surface area contributed by atoms with Gasteiger partial charge in [0, 0.05) is 6.54 Å². The molecule has 0 unspecified atom stereocenters. The van der Waals surface area contributed by atoms with Crippen LogP contribution in [0.5, 0.6) is 0 Å². The van der Waals surface area contributed by atoms with Gasteiger partial charge in [0.15, 0.2) is 0 Å². The van der Waals surface area contributed by atoms with Crippen LogP contribution in [0.25, 0.3) is 5.69 Å². The van der Waals surface area contributed by atoms with Gasteiger partial charge in [-0.25, -0.2) is 4.68 Å². The highest BCUT2D eigenvalue weighted by Gasteiger charge is 2.35. The number of hydrogen-bond acceptors (Lipinski definition) is 7. The molecule has 0 bridgehead atoms. The Morgan fingerprint density at radius 1 is 1.22 bits per heavy atom. The lowest BCUT2D eigenvalue weighted by molar-refractivity contribution is -0.138. The minimum atomic E-state index is -4.50. The predicted octanol–water partition coefficient (Wildman–Crippen LogP) is 3.24. The van der Waals surface area contributed by atoms with Gasteiger partial charge in [-0.3, -0.25) is 0 Å². The van der Waals surface area contributed by atoms with Gasteiger partial charge in [-0.05, 0) is 25.0 Å². The summed E-state index contributed by atoms with van der Waals surface area (Å²) in [5.74, 6) is 0.255. The maximum absolute atomic E-state index is 12.5. The molecule has 0 fully saturated rings. The lowest BCUT2D eigenvalue weighted by Gasteiger charge is -2.02. The van der Waals surface area contributed by atoms with E-state index in [4.69, 9.17) is 5.73 Å². The van der Waals surface area contributed by atoms with Gasteiger partial charge in [-0.15, -0.1) is 10.2 Å². The minimum absolute atomic E-state index is 0.0946. The molecular formula is C16H14F3N7S. The largest absolute Gasteiger partial charge is 0.445 e. The molecule has 0 aliphatic rings. The first-order valence-corrected chi connectivity index (χ1v) is 8.69. The first kappa shape index (κ1) is 18.7. The second-order valence-electron chi connectivity index (χ2n) is 5.51. The Hall–Kier alpha value is -3.13. The van der Waals surface area contributed by atoms with Crippen molar-refractivity contribution < 1.29 is 13.2 Å². The molecule has 11 heteroatoms. The van der Waals surface area contributed by atoms with Crippen molar-refractivity contribution >= 4 is 22.3 Å². The van der Waals surface area contributed by atoms with Crippen molar-refractivity contribution in [3.8, 4) is 11.8 Å².